The van der Waals surface area contributed by atoms with Crippen LogP contribution in [-0.2, 0) is 19.7 Å². The summed E-state index contributed by atoms with van der Waals surface area (Å²) in [7, 11) is 1.78. The molecular weight excluding hydrogens is 539 g/mol. The molecule has 170 valence electrons. The number of nitrogens with zero attached hydrogens (tertiary/aromatic N) is 4. The van der Waals surface area contributed by atoms with Crippen LogP contribution in [0.15, 0.2) is 53.5 Å². The minimum absolute atomic E-state index is 0. The van der Waals surface area contributed by atoms with E-state index in [4.69, 9.17) is 16.3 Å². The molecule has 1 aliphatic heterocycles. The van der Waals surface area contributed by atoms with Crippen molar-refractivity contribution in [2.24, 2.45) is 4.99 Å². The van der Waals surface area contributed by atoms with E-state index in [2.05, 4.69) is 37.8 Å². The van der Waals surface area contributed by atoms with Gasteiger partial charge in [-0.25, -0.2) is 9.67 Å². The second-order valence-corrected chi connectivity index (χ2v) is 7.90. The van der Waals surface area contributed by atoms with Crippen molar-refractivity contribution in [3.05, 3.63) is 76.3 Å². The highest BCUT2D eigenvalue weighted by Gasteiger charge is 2.24. The first-order valence-electron chi connectivity index (χ1n) is 10.5. The molecule has 0 saturated carbocycles. The van der Waals surface area contributed by atoms with Crippen molar-refractivity contribution in [1.82, 2.24) is 25.4 Å². The largest absolute Gasteiger partial charge is 0.487 e. The molecule has 0 bridgehead atoms. The summed E-state index contributed by atoms with van der Waals surface area (Å²) in [5.41, 5.74) is 2.23. The Morgan fingerprint density at radius 2 is 1.94 bits per heavy atom. The molecule has 1 aliphatic rings. The fourth-order valence-electron chi connectivity index (χ4n) is 3.73. The molecule has 3 aromatic rings. The lowest BCUT2D eigenvalue weighted by Gasteiger charge is -2.25. The van der Waals surface area contributed by atoms with Crippen LogP contribution in [-0.4, -0.2) is 27.8 Å². The minimum Gasteiger partial charge on any atom is -0.487 e. The van der Waals surface area contributed by atoms with E-state index in [1.807, 2.05) is 48.0 Å². The summed E-state index contributed by atoms with van der Waals surface area (Å²) >= 11 is 6.21. The van der Waals surface area contributed by atoms with Crippen molar-refractivity contribution < 1.29 is 4.74 Å². The molecule has 7 nitrogen and oxygen atoms in total. The normalized spacial score (nSPS) is 15.5. The molecule has 0 radical (unpaired) electrons. The van der Waals surface area contributed by atoms with Gasteiger partial charge in [-0.3, -0.25) is 4.99 Å². The number of aryl methyl sites for hydroxylation is 2. The first-order chi connectivity index (χ1) is 15.1. The van der Waals surface area contributed by atoms with Gasteiger partial charge in [0.15, 0.2) is 5.96 Å². The zero-order valence-electron chi connectivity index (χ0n) is 18.2. The van der Waals surface area contributed by atoms with Crippen molar-refractivity contribution in [1.29, 1.82) is 0 Å². The monoisotopic (exact) mass is 566 g/mol. The predicted molar refractivity (Wildman–Crippen MR) is 138 cm³/mol. The smallest absolute Gasteiger partial charge is 0.191 e. The molecule has 2 N–H and O–H groups in total. The third-order valence-electron chi connectivity index (χ3n) is 5.30. The van der Waals surface area contributed by atoms with Crippen LogP contribution >= 0.6 is 35.6 Å². The Morgan fingerprint density at radius 1 is 1.19 bits per heavy atom. The zero-order valence-corrected chi connectivity index (χ0v) is 21.3. The van der Waals surface area contributed by atoms with Gasteiger partial charge in [0.1, 0.15) is 24.0 Å². The number of benzene rings is 2. The average Bonchev–Trinajstić information content (AvgIpc) is 3.17. The maximum absolute atomic E-state index is 6.21. The lowest BCUT2D eigenvalue weighted by Crippen LogP contribution is -2.41. The Kier molecular flexibility index (Phi) is 8.75. The molecule has 0 saturated heterocycles. The van der Waals surface area contributed by atoms with E-state index in [-0.39, 0.29) is 30.0 Å². The lowest BCUT2D eigenvalue weighted by atomic mass is 10.1. The fraction of sp³-hybridized carbons (Fsp3) is 0.348. The van der Waals surface area contributed by atoms with Crippen LogP contribution in [0.2, 0.25) is 5.02 Å². The molecule has 0 spiro atoms. The van der Waals surface area contributed by atoms with Crippen LogP contribution in [0.5, 0.6) is 5.75 Å². The van der Waals surface area contributed by atoms with Gasteiger partial charge in [-0.2, -0.15) is 5.10 Å². The van der Waals surface area contributed by atoms with Gasteiger partial charge in [-0.05, 0) is 43.0 Å². The van der Waals surface area contributed by atoms with Crippen molar-refractivity contribution in [2.75, 3.05) is 7.05 Å². The Balaban J connectivity index is 0.00000289. The summed E-state index contributed by atoms with van der Waals surface area (Å²) < 4.78 is 7.93. The maximum Gasteiger partial charge on any atom is 0.191 e. The molecule has 0 aliphatic carbocycles. The van der Waals surface area contributed by atoms with Gasteiger partial charge >= 0.3 is 0 Å². The molecule has 32 heavy (non-hydrogen) atoms. The van der Waals surface area contributed by atoms with Crippen LogP contribution in [0.25, 0.3) is 0 Å². The summed E-state index contributed by atoms with van der Waals surface area (Å²) in [5, 5.41) is 12.0. The number of para-hydroxylation sites is 1. The fourth-order valence-corrected chi connectivity index (χ4v) is 3.92. The van der Waals surface area contributed by atoms with Gasteiger partial charge in [0.25, 0.3) is 0 Å². The third-order valence-corrected chi connectivity index (χ3v) is 5.61. The molecule has 0 amide bonds. The number of guanidine groups is 1. The van der Waals surface area contributed by atoms with E-state index in [0.717, 1.165) is 48.1 Å². The van der Waals surface area contributed by atoms with Crippen molar-refractivity contribution in [3.63, 3.8) is 0 Å². The first kappa shape index (κ1) is 24.3. The number of nitrogens with one attached hydrogen (secondary N) is 2. The highest BCUT2D eigenvalue weighted by molar-refractivity contribution is 14.0. The predicted octanol–water partition coefficient (Wildman–Crippen LogP) is 4.64. The van der Waals surface area contributed by atoms with Gasteiger partial charge in [0, 0.05) is 20.1 Å². The van der Waals surface area contributed by atoms with E-state index in [9.17, 15) is 0 Å². The number of halogens is 2. The molecule has 2 heterocycles. The van der Waals surface area contributed by atoms with E-state index < -0.39 is 0 Å². The molecular formula is C23H28ClIN6O. The van der Waals surface area contributed by atoms with E-state index >= 15 is 0 Å². The number of hydrogen-bond acceptors (Lipinski definition) is 4. The number of ether oxygens (including phenoxy) is 1. The quantitative estimate of drug-likeness (QED) is 0.258. The number of aliphatic imine (C=N–C) groups is 1. The van der Waals surface area contributed by atoms with Crippen molar-refractivity contribution >= 4 is 41.5 Å². The second kappa shape index (κ2) is 11.5. The van der Waals surface area contributed by atoms with Gasteiger partial charge in [-0.1, -0.05) is 48.0 Å². The second-order valence-electron chi connectivity index (χ2n) is 7.49. The molecule has 1 aromatic heterocycles. The summed E-state index contributed by atoms with van der Waals surface area (Å²) in [6.07, 6.45) is 2.06. The molecule has 1 unspecified atom stereocenters. The minimum atomic E-state index is 0. The van der Waals surface area contributed by atoms with E-state index in [1.165, 1.54) is 0 Å². The van der Waals surface area contributed by atoms with E-state index in [1.54, 1.807) is 7.05 Å². The van der Waals surface area contributed by atoms with Crippen LogP contribution < -0.4 is 15.4 Å². The third kappa shape index (κ3) is 5.92. The number of aromatic nitrogens is 3. The first-order valence-corrected chi connectivity index (χ1v) is 10.8. The van der Waals surface area contributed by atoms with Crippen molar-refractivity contribution in [3.8, 4) is 5.75 Å². The number of hydrogen-bond donors (Lipinski definition) is 2. The topological polar surface area (TPSA) is 76.4 Å². The standard InChI is InChI=1S/C23H27ClN6O.HI/c1-16-27-22-20(11-7-13-30(22)29-16)28-23(25-2)26-14-17-8-3-4-9-18(17)15-31-21-12-6-5-10-19(21)24;/h3-6,8-10,12,20H,7,11,13-15H2,1-2H3,(H2,25,26,28);1H. The van der Waals surface area contributed by atoms with Crippen LogP contribution in [0.3, 0.4) is 0 Å². The van der Waals surface area contributed by atoms with Crippen LogP contribution in [0.4, 0.5) is 0 Å². The number of rotatable bonds is 6. The Hall–Kier alpha value is -2.33. The van der Waals surface area contributed by atoms with Crippen LogP contribution in [0, 0.1) is 6.92 Å². The lowest BCUT2D eigenvalue weighted by molar-refractivity contribution is 0.305. The maximum atomic E-state index is 6.21. The Labute approximate surface area is 210 Å². The highest BCUT2D eigenvalue weighted by Crippen LogP contribution is 2.25. The van der Waals surface area contributed by atoms with Gasteiger partial charge < -0.3 is 15.4 Å². The Morgan fingerprint density at radius 3 is 2.72 bits per heavy atom. The summed E-state index contributed by atoms with van der Waals surface area (Å²) in [4.78, 5) is 8.99. The van der Waals surface area contributed by atoms with E-state index in [0.29, 0.717) is 23.9 Å². The molecule has 4 rings (SSSR count). The summed E-state index contributed by atoms with van der Waals surface area (Å²) in [6, 6.07) is 15.8. The molecule has 2 aromatic carbocycles. The molecule has 0 fully saturated rings. The zero-order chi connectivity index (χ0) is 21.6. The summed E-state index contributed by atoms with van der Waals surface area (Å²) in [6.45, 7) is 3.91. The van der Waals surface area contributed by atoms with Gasteiger partial charge in [0.05, 0.1) is 11.1 Å². The highest BCUT2D eigenvalue weighted by atomic mass is 127. The molecule has 1 atom stereocenters. The molecule has 9 heteroatoms. The van der Waals surface area contributed by atoms with Crippen molar-refractivity contribution in [2.45, 2.75) is 45.5 Å². The Bertz CT molecular complexity index is 1070. The SMILES string of the molecule is CN=C(NCc1ccccc1COc1ccccc1Cl)NC1CCCn2nc(C)nc21.I. The van der Waals surface area contributed by atoms with Crippen LogP contribution in [0.1, 0.15) is 41.7 Å². The summed E-state index contributed by atoms with van der Waals surface area (Å²) in [5.74, 6) is 3.20. The number of fused-ring (bicyclic) bond motifs is 1. The van der Waals surface area contributed by atoms with Gasteiger partial charge in [0.2, 0.25) is 0 Å². The van der Waals surface area contributed by atoms with Gasteiger partial charge in [-0.15, -0.1) is 24.0 Å². The average molecular weight is 567 g/mol.